The average Bonchev–Trinajstić information content (AvgIpc) is 2.14. The molecule has 6 heteroatoms. The van der Waals surface area contributed by atoms with Crippen LogP contribution in [-0.2, 0) is 19.1 Å². The molecule has 0 spiro atoms. The molecule has 0 aromatic rings. The number of hydrogen-bond donors (Lipinski definition) is 2. The molecule has 0 aliphatic carbocycles. The summed E-state index contributed by atoms with van der Waals surface area (Å²) in [5, 5.41) is 0. The Hall–Kier alpha value is -1.14. The van der Waals surface area contributed by atoms with E-state index in [-0.39, 0.29) is 25.0 Å². The van der Waals surface area contributed by atoms with Crippen LogP contribution < -0.4 is 10.9 Å². The number of nitrogens with one attached hydrogen (secondary N) is 2. The number of methoxy groups -OCH3 is 1. The summed E-state index contributed by atoms with van der Waals surface area (Å²) in [6.45, 7) is 0.388. The highest BCUT2D eigenvalue weighted by Gasteiger charge is 2.19. The van der Waals surface area contributed by atoms with E-state index in [1.165, 1.54) is 7.11 Å². The number of carbonyl (C=O) groups excluding carboxylic acids is 2. The lowest BCUT2D eigenvalue weighted by molar-refractivity contribution is -0.150. The largest absolute Gasteiger partial charge is 0.467 e. The molecule has 6 nitrogen and oxygen atoms in total. The van der Waals surface area contributed by atoms with Crippen molar-refractivity contribution < 1.29 is 19.1 Å². The zero-order chi connectivity index (χ0) is 9.68. The second-order valence-corrected chi connectivity index (χ2v) is 2.64. The molecular formula is C7H12N2O4. The van der Waals surface area contributed by atoms with E-state index in [4.69, 9.17) is 4.74 Å². The van der Waals surface area contributed by atoms with E-state index in [2.05, 4.69) is 15.6 Å². The fourth-order valence-electron chi connectivity index (χ4n) is 0.956. The summed E-state index contributed by atoms with van der Waals surface area (Å²) in [5.41, 5.74) is 5.08. The first-order valence-corrected chi connectivity index (χ1v) is 3.92. The van der Waals surface area contributed by atoms with Crippen molar-refractivity contribution in [2.24, 2.45) is 0 Å². The van der Waals surface area contributed by atoms with Crippen LogP contribution in [0.25, 0.3) is 0 Å². The van der Waals surface area contributed by atoms with Gasteiger partial charge in [0.1, 0.15) is 6.61 Å². The summed E-state index contributed by atoms with van der Waals surface area (Å²) in [5.74, 6) is -0.577. The summed E-state index contributed by atoms with van der Waals surface area (Å²) in [6, 6.07) is 0. The maximum absolute atomic E-state index is 10.8. The molecular weight excluding hydrogens is 176 g/mol. The molecule has 0 aromatic heterocycles. The van der Waals surface area contributed by atoms with Crippen molar-refractivity contribution in [2.45, 2.75) is 12.5 Å². The molecule has 1 aliphatic rings. The number of ether oxygens (including phenoxy) is 2. The monoisotopic (exact) mass is 188 g/mol. The van der Waals surface area contributed by atoms with Crippen molar-refractivity contribution in [3.63, 3.8) is 0 Å². The third kappa shape index (κ3) is 3.39. The van der Waals surface area contributed by atoms with Gasteiger partial charge in [0.25, 0.3) is 0 Å². The number of hydrogen-bond acceptors (Lipinski definition) is 5. The molecule has 0 bridgehead atoms. The lowest BCUT2D eigenvalue weighted by Crippen LogP contribution is -2.50. The van der Waals surface area contributed by atoms with Gasteiger partial charge in [-0.2, -0.15) is 0 Å². The fourth-order valence-corrected chi connectivity index (χ4v) is 0.956. The van der Waals surface area contributed by atoms with E-state index in [1.54, 1.807) is 0 Å². The van der Waals surface area contributed by atoms with Gasteiger partial charge in [-0.15, -0.1) is 0 Å². The van der Waals surface area contributed by atoms with Gasteiger partial charge in [-0.1, -0.05) is 0 Å². The zero-order valence-electron chi connectivity index (χ0n) is 7.33. The molecule has 1 atom stereocenters. The summed E-state index contributed by atoms with van der Waals surface area (Å²) in [4.78, 5) is 21.5. The Morgan fingerprint density at radius 1 is 1.69 bits per heavy atom. The molecule has 0 aromatic carbocycles. The molecule has 1 saturated heterocycles. The quantitative estimate of drug-likeness (QED) is 0.531. The Morgan fingerprint density at radius 3 is 3.08 bits per heavy atom. The molecule has 13 heavy (non-hydrogen) atoms. The van der Waals surface area contributed by atoms with Gasteiger partial charge in [0.05, 0.1) is 19.6 Å². The van der Waals surface area contributed by atoms with E-state index in [9.17, 15) is 9.59 Å². The number of amides is 1. The molecule has 1 heterocycles. The Kier molecular flexibility index (Phi) is 3.66. The standard InChI is InChI=1S/C7H12N2O4/c1-12-7(11)4-13-5-2-6(10)9-8-3-5/h5,8H,2-4H2,1H3,(H,9,10). The maximum Gasteiger partial charge on any atom is 0.331 e. The zero-order valence-corrected chi connectivity index (χ0v) is 7.33. The number of hydrazine groups is 1. The van der Waals surface area contributed by atoms with Crippen molar-refractivity contribution in [3.8, 4) is 0 Å². The lowest BCUT2D eigenvalue weighted by atomic mass is 10.2. The van der Waals surface area contributed by atoms with E-state index >= 15 is 0 Å². The van der Waals surface area contributed by atoms with Crippen molar-refractivity contribution in [1.82, 2.24) is 10.9 Å². The summed E-state index contributed by atoms with van der Waals surface area (Å²) < 4.78 is 9.49. The Labute approximate surface area is 75.5 Å². The SMILES string of the molecule is COC(=O)COC1CNNC(=O)C1. The van der Waals surface area contributed by atoms with Crippen LogP contribution in [0.1, 0.15) is 6.42 Å². The highest BCUT2D eigenvalue weighted by Crippen LogP contribution is 2.00. The third-order valence-corrected chi connectivity index (χ3v) is 1.64. The Morgan fingerprint density at radius 2 is 2.46 bits per heavy atom. The minimum atomic E-state index is -0.439. The predicted octanol–water partition coefficient (Wildman–Crippen LogP) is -1.43. The summed E-state index contributed by atoms with van der Waals surface area (Å²) in [6.07, 6.45) is 0.0112. The third-order valence-electron chi connectivity index (χ3n) is 1.64. The first-order chi connectivity index (χ1) is 6.22. The van der Waals surface area contributed by atoms with Crippen molar-refractivity contribution in [2.75, 3.05) is 20.3 Å². The molecule has 1 unspecified atom stereocenters. The smallest absolute Gasteiger partial charge is 0.331 e. The molecule has 0 radical (unpaired) electrons. The van der Waals surface area contributed by atoms with Crippen molar-refractivity contribution in [3.05, 3.63) is 0 Å². The van der Waals surface area contributed by atoms with Gasteiger partial charge in [0.2, 0.25) is 5.91 Å². The first-order valence-electron chi connectivity index (χ1n) is 3.92. The Bertz CT molecular complexity index is 207. The van der Waals surface area contributed by atoms with Crippen LogP contribution in [0.2, 0.25) is 0 Å². The van der Waals surface area contributed by atoms with Crippen LogP contribution in [0.15, 0.2) is 0 Å². The van der Waals surface area contributed by atoms with Gasteiger partial charge >= 0.3 is 5.97 Å². The van der Waals surface area contributed by atoms with Crippen LogP contribution >= 0.6 is 0 Å². The van der Waals surface area contributed by atoms with Gasteiger partial charge in [-0.25, -0.2) is 10.2 Å². The average molecular weight is 188 g/mol. The predicted molar refractivity (Wildman–Crippen MR) is 42.5 cm³/mol. The van der Waals surface area contributed by atoms with Gasteiger partial charge in [-0.05, 0) is 0 Å². The molecule has 0 saturated carbocycles. The second kappa shape index (κ2) is 4.78. The van der Waals surface area contributed by atoms with E-state index in [0.717, 1.165) is 0 Å². The molecule has 1 amide bonds. The number of carbonyl (C=O) groups is 2. The molecule has 74 valence electrons. The van der Waals surface area contributed by atoms with E-state index in [0.29, 0.717) is 6.54 Å². The fraction of sp³-hybridized carbons (Fsp3) is 0.714. The van der Waals surface area contributed by atoms with Crippen LogP contribution in [0.4, 0.5) is 0 Å². The highest BCUT2D eigenvalue weighted by molar-refractivity contribution is 5.76. The maximum atomic E-state index is 10.8. The van der Waals surface area contributed by atoms with Crippen LogP contribution in [-0.4, -0.2) is 38.2 Å². The van der Waals surface area contributed by atoms with E-state index < -0.39 is 5.97 Å². The molecule has 1 fully saturated rings. The Balaban J connectivity index is 2.20. The lowest BCUT2D eigenvalue weighted by Gasteiger charge is -2.22. The van der Waals surface area contributed by atoms with Crippen molar-refractivity contribution in [1.29, 1.82) is 0 Å². The van der Waals surface area contributed by atoms with Crippen LogP contribution in [0, 0.1) is 0 Å². The van der Waals surface area contributed by atoms with Gasteiger partial charge in [0.15, 0.2) is 0 Å². The summed E-state index contributed by atoms with van der Waals surface area (Å²) in [7, 11) is 1.29. The molecule has 1 rings (SSSR count). The molecule has 1 aliphatic heterocycles. The van der Waals surface area contributed by atoms with Crippen LogP contribution in [0.3, 0.4) is 0 Å². The summed E-state index contributed by atoms with van der Waals surface area (Å²) >= 11 is 0. The minimum absolute atomic E-state index is 0.115. The van der Waals surface area contributed by atoms with Gasteiger partial charge in [-0.3, -0.25) is 10.2 Å². The van der Waals surface area contributed by atoms with Gasteiger partial charge in [0, 0.05) is 6.54 Å². The second-order valence-electron chi connectivity index (χ2n) is 2.64. The van der Waals surface area contributed by atoms with Crippen LogP contribution in [0.5, 0.6) is 0 Å². The minimum Gasteiger partial charge on any atom is -0.467 e. The normalized spacial score (nSPS) is 22.2. The first kappa shape index (κ1) is 9.94. The van der Waals surface area contributed by atoms with Gasteiger partial charge < -0.3 is 9.47 Å². The number of esters is 1. The highest BCUT2D eigenvalue weighted by atomic mass is 16.6. The number of rotatable bonds is 3. The van der Waals surface area contributed by atoms with Crippen molar-refractivity contribution >= 4 is 11.9 Å². The van der Waals surface area contributed by atoms with E-state index in [1.807, 2.05) is 0 Å². The molecule has 2 N–H and O–H groups in total. The topological polar surface area (TPSA) is 76.7 Å².